The summed E-state index contributed by atoms with van der Waals surface area (Å²) in [6.07, 6.45) is 6.08. The van der Waals surface area contributed by atoms with Gasteiger partial charge in [-0.15, -0.1) is 0 Å². The van der Waals surface area contributed by atoms with Crippen LogP contribution in [0.2, 0.25) is 6.32 Å². The molecule has 2 aromatic carbocycles. The zero-order chi connectivity index (χ0) is 16.4. The fraction of sp³-hybridized carbons (Fsp3) is 0.429. The molecule has 0 unspecified atom stereocenters. The molecule has 2 saturated heterocycles. The first-order valence-corrected chi connectivity index (χ1v) is 9.41. The van der Waals surface area contributed by atoms with Crippen molar-refractivity contribution < 1.29 is 24.9 Å². The standard InChI is InChI=1S/C21H26BNO.Li.H/c1-2-3-16-22-23-17-10-15-20(23)21(24-22,18-11-6-4-7-12-18)19-13-8-5-9-14-19;;/h4-9,11-14,20H,2-3,10,15-17H2,1H3;;/q;+1;-1/t20-;;/m0../s1. The molecule has 4 rings (SSSR count). The van der Waals surface area contributed by atoms with E-state index in [4.69, 9.17) is 4.65 Å². The Morgan fingerprint density at radius 3 is 2.24 bits per heavy atom. The van der Waals surface area contributed by atoms with Crippen molar-refractivity contribution in [2.45, 2.75) is 50.6 Å². The van der Waals surface area contributed by atoms with Crippen molar-refractivity contribution in [3.05, 3.63) is 71.8 Å². The number of nitrogens with zero attached hydrogens (tertiary/aromatic N) is 1. The summed E-state index contributed by atoms with van der Waals surface area (Å²) in [5.74, 6) is 0. The summed E-state index contributed by atoms with van der Waals surface area (Å²) in [4.78, 5) is 2.63. The van der Waals surface area contributed by atoms with Gasteiger partial charge in [-0.1, -0.05) is 80.4 Å². The summed E-state index contributed by atoms with van der Waals surface area (Å²) in [6, 6.07) is 22.2. The van der Waals surface area contributed by atoms with E-state index in [0.29, 0.717) is 6.04 Å². The number of hydrogen-bond acceptors (Lipinski definition) is 2. The molecule has 126 valence electrons. The SMILES string of the molecule is CCCCB1OC(c2ccccc2)(c2ccccc2)[C@@H]2CCCN12.[H-].[Li+]. The largest absolute Gasteiger partial charge is 1.00 e. The first-order chi connectivity index (χ1) is 11.9. The topological polar surface area (TPSA) is 12.5 Å². The van der Waals surface area contributed by atoms with E-state index in [0.717, 1.165) is 6.32 Å². The first-order valence-electron chi connectivity index (χ1n) is 9.41. The summed E-state index contributed by atoms with van der Waals surface area (Å²) >= 11 is 0. The average molecular weight is 327 g/mol. The molecule has 2 heterocycles. The van der Waals surface area contributed by atoms with E-state index in [9.17, 15) is 0 Å². The molecule has 0 saturated carbocycles. The van der Waals surface area contributed by atoms with Gasteiger partial charge in [0.05, 0.1) is 0 Å². The number of unbranched alkanes of at least 4 members (excludes halogenated alkanes) is 1. The van der Waals surface area contributed by atoms with Gasteiger partial charge in [0.25, 0.3) is 0 Å². The monoisotopic (exact) mass is 327 g/mol. The Morgan fingerprint density at radius 2 is 1.68 bits per heavy atom. The van der Waals surface area contributed by atoms with Crippen LogP contribution in [-0.4, -0.2) is 24.4 Å². The molecular formula is C21H27BLiNO. The molecule has 25 heavy (non-hydrogen) atoms. The Bertz CT molecular complexity index is 633. The molecule has 0 radical (unpaired) electrons. The average Bonchev–Trinajstić information content (AvgIpc) is 3.24. The molecule has 4 heteroatoms. The molecule has 0 N–H and O–H groups in total. The second-order valence-corrected chi connectivity index (χ2v) is 7.08. The molecule has 0 aromatic heterocycles. The van der Waals surface area contributed by atoms with E-state index in [2.05, 4.69) is 72.4 Å². The Balaban J connectivity index is 0.00000121. The Kier molecular flexibility index (Phi) is 6.13. The molecule has 2 aliphatic heterocycles. The molecule has 2 aliphatic rings. The van der Waals surface area contributed by atoms with Crippen LogP contribution in [-0.2, 0) is 10.3 Å². The number of fused-ring (bicyclic) bond motifs is 1. The van der Waals surface area contributed by atoms with Gasteiger partial charge >= 0.3 is 25.9 Å². The smallest absolute Gasteiger partial charge is 1.00 e. The third-order valence-corrected chi connectivity index (χ3v) is 5.67. The maximum atomic E-state index is 6.92. The fourth-order valence-corrected chi connectivity index (χ4v) is 4.59. The van der Waals surface area contributed by atoms with Gasteiger partial charge in [0, 0.05) is 6.04 Å². The van der Waals surface area contributed by atoms with Crippen molar-refractivity contribution in [3.63, 3.8) is 0 Å². The number of benzene rings is 2. The summed E-state index contributed by atoms with van der Waals surface area (Å²) < 4.78 is 6.92. The van der Waals surface area contributed by atoms with Gasteiger partial charge in [0.2, 0.25) is 0 Å². The van der Waals surface area contributed by atoms with E-state index >= 15 is 0 Å². The van der Waals surface area contributed by atoms with E-state index in [-0.39, 0.29) is 32.9 Å². The minimum absolute atomic E-state index is 0. The minimum Gasteiger partial charge on any atom is -1.00 e. The second kappa shape index (κ2) is 8.15. The van der Waals surface area contributed by atoms with Gasteiger partial charge < -0.3 is 10.9 Å². The van der Waals surface area contributed by atoms with Crippen LogP contribution < -0.4 is 18.9 Å². The van der Waals surface area contributed by atoms with Crippen LogP contribution in [0.5, 0.6) is 0 Å². The predicted molar refractivity (Wildman–Crippen MR) is 101 cm³/mol. The molecule has 0 aliphatic carbocycles. The van der Waals surface area contributed by atoms with Crippen molar-refractivity contribution in [2.24, 2.45) is 0 Å². The van der Waals surface area contributed by atoms with Crippen LogP contribution in [0.15, 0.2) is 60.7 Å². The quantitative estimate of drug-likeness (QED) is 0.777. The van der Waals surface area contributed by atoms with Gasteiger partial charge in [0.1, 0.15) is 5.60 Å². The van der Waals surface area contributed by atoms with E-state index in [1.54, 1.807) is 0 Å². The zero-order valence-corrected chi connectivity index (χ0v) is 15.5. The maximum Gasteiger partial charge on any atom is 1.00 e. The Hall–Kier alpha value is -0.978. The van der Waals surface area contributed by atoms with E-state index in [1.165, 1.54) is 43.4 Å². The molecule has 2 fully saturated rings. The van der Waals surface area contributed by atoms with Crippen LogP contribution in [0.3, 0.4) is 0 Å². The maximum absolute atomic E-state index is 6.92. The predicted octanol–water partition coefficient (Wildman–Crippen LogP) is 1.83. The summed E-state index contributed by atoms with van der Waals surface area (Å²) in [5.41, 5.74) is 2.27. The van der Waals surface area contributed by atoms with Crippen LogP contribution in [0.25, 0.3) is 0 Å². The fourth-order valence-electron chi connectivity index (χ4n) is 4.59. The van der Waals surface area contributed by atoms with Crippen molar-refractivity contribution in [3.8, 4) is 0 Å². The molecule has 0 amide bonds. The summed E-state index contributed by atoms with van der Waals surface area (Å²) in [6.45, 7) is 3.43. The molecule has 1 atom stereocenters. The molecule has 0 bridgehead atoms. The Labute approximate surface area is 165 Å². The second-order valence-electron chi connectivity index (χ2n) is 7.08. The van der Waals surface area contributed by atoms with Gasteiger partial charge in [0.15, 0.2) is 0 Å². The third kappa shape index (κ3) is 3.24. The van der Waals surface area contributed by atoms with E-state index < -0.39 is 0 Å². The van der Waals surface area contributed by atoms with Crippen molar-refractivity contribution in [2.75, 3.05) is 6.54 Å². The molecule has 2 aromatic rings. The molecule has 2 nitrogen and oxygen atoms in total. The van der Waals surface area contributed by atoms with Gasteiger partial charge in [-0.25, -0.2) is 0 Å². The van der Waals surface area contributed by atoms with Crippen molar-refractivity contribution in [1.29, 1.82) is 0 Å². The summed E-state index contributed by atoms with van der Waals surface area (Å²) in [7, 11) is 0.248. The van der Waals surface area contributed by atoms with Gasteiger partial charge in [-0.05, 0) is 36.8 Å². The van der Waals surface area contributed by atoms with Gasteiger partial charge in [-0.2, -0.15) is 0 Å². The normalized spacial score (nSPS) is 21.8. The van der Waals surface area contributed by atoms with Crippen LogP contribution in [0, 0.1) is 0 Å². The zero-order valence-electron chi connectivity index (χ0n) is 16.5. The first kappa shape index (κ1) is 18.8. The minimum atomic E-state index is -0.322. The third-order valence-electron chi connectivity index (χ3n) is 5.67. The summed E-state index contributed by atoms with van der Waals surface area (Å²) in [5, 5.41) is 0. The van der Waals surface area contributed by atoms with Crippen LogP contribution in [0.4, 0.5) is 0 Å². The van der Waals surface area contributed by atoms with Crippen LogP contribution >= 0.6 is 0 Å². The molecular weight excluding hydrogens is 300 g/mol. The van der Waals surface area contributed by atoms with Crippen LogP contribution in [0.1, 0.15) is 45.2 Å². The Morgan fingerprint density at radius 1 is 1.08 bits per heavy atom. The van der Waals surface area contributed by atoms with Crippen molar-refractivity contribution >= 4 is 7.05 Å². The number of rotatable bonds is 5. The van der Waals surface area contributed by atoms with Gasteiger partial charge in [-0.3, -0.25) is 0 Å². The van der Waals surface area contributed by atoms with E-state index in [1.807, 2.05) is 0 Å². The number of hydrogen-bond donors (Lipinski definition) is 0. The molecule has 0 spiro atoms. The van der Waals surface area contributed by atoms with Crippen molar-refractivity contribution in [1.82, 2.24) is 4.81 Å².